The van der Waals surface area contributed by atoms with E-state index in [0.29, 0.717) is 31.6 Å². The van der Waals surface area contributed by atoms with Gasteiger partial charge in [0.15, 0.2) is 11.6 Å². The molecule has 0 unspecified atom stereocenters. The Bertz CT molecular complexity index is 863. The second-order valence-corrected chi connectivity index (χ2v) is 7.18. The highest BCUT2D eigenvalue weighted by Crippen LogP contribution is 2.31. The van der Waals surface area contributed by atoms with Gasteiger partial charge in [0, 0.05) is 17.9 Å². The molecule has 0 amide bonds. The van der Waals surface area contributed by atoms with Crippen molar-refractivity contribution in [1.82, 2.24) is 0 Å². The van der Waals surface area contributed by atoms with Crippen LogP contribution in [-0.2, 0) is 4.79 Å². The highest BCUT2D eigenvalue weighted by molar-refractivity contribution is 6.01. The van der Waals surface area contributed by atoms with Gasteiger partial charge in [-0.25, -0.2) is 0 Å². The number of hydrogen-bond acceptors (Lipinski definition) is 4. The van der Waals surface area contributed by atoms with Gasteiger partial charge >= 0.3 is 0 Å². The summed E-state index contributed by atoms with van der Waals surface area (Å²) < 4.78 is 10.9. The third-order valence-corrected chi connectivity index (χ3v) is 5.22. The van der Waals surface area contributed by atoms with Gasteiger partial charge in [-0.3, -0.25) is 9.59 Å². The van der Waals surface area contributed by atoms with Gasteiger partial charge in [0.1, 0.15) is 11.5 Å². The average molecular weight is 392 g/mol. The number of carbonyl (C=O) groups excluding carboxylic acids is 2. The van der Waals surface area contributed by atoms with E-state index >= 15 is 0 Å². The average Bonchev–Trinajstić information content (AvgIpc) is 2.74. The summed E-state index contributed by atoms with van der Waals surface area (Å²) >= 11 is 0. The van der Waals surface area contributed by atoms with E-state index in [4.69, 9.17) is 9.47 Å². The summed E-state index contributed by atoms with van der Waals surface area (Å²) in [6.45, 7) is 5.12. The van der Waals surface area contributed by atoms with Gasteiger partial charge in [-0.1, -0.05) is 12.1 Å². The van der Waals surface area contributed by atoms with Crippen LogP contribution >= 0.6 is 0 Å². The summed E-state index contributed by atoms with van der Waals surface area (Å²) in [7, 11) is 0. The Labute approximate surface area is 172 Å². The van der Waals surface area contributed by atoms with Crippen molar-refractivity contribution in [2.75, 3.05) is 13.2 Å². The van der Waals surface area contributed by atoms with Crippen LogP contribution in [0.5, 0.6) is 11.5 Å². The Hall–Kier alpha value is -2.88. The molecule has 3 rings (SSSR count). The molecule has 1 aliphatic rings. The molecular formula is C25H28O4. The second kappa shape index (κ2) is 10.1. The predicted octanol–water partition coefficient (Wildman–Crippen LogP) is 5.51. The van der Waals surface area contributed by atoms with Crippen molar-refractivity contribution < 1.29 is 19.1 Å². The second-order valence-electron chi connectivity index (χ2n) is 7.18. The van der Waals surface area contributed by atoms with Gasteiger partial charge in [-0.05, 0) is 86.7 Å². The molecule has 2 aromatic carbocycles. The molecule has 0 spiro atoms. The van der Waals surface area contributed by atoms with Crippen LogP contribution < -0.4 is 9.47 Å². The van der Waals surface area contributed by atoms with E-state index in [1.165, 1.54) is 0 Å². The Balaban J connectivity index is 1.55. The van der Waals surface area contributed by atoms with Gasteiger partial charge in [-0.15, -0.1) is 0 Å². The Kier molecular flexibility index (Phi) is 7.23. The summed E-state index contributed by atoms with van der Waals surface area (Å²) in [5, 5.41) is 0. The molecule has 4 heteroatoms. The van der Waals surface area contributed by atoms with Crippen molar-refractivity contribution in [3.05, 3.63) is 65.7 Å². The lowest BCUT2D eigenvalue weighted by molar-refractivity contribution is -0.118. The molecule has 0 radical (unpaired) electrons. The Morgan fingerprint density at radius 1 is 0.931 bits per heavy atom. The van der Waals surface area contributed by atoms with Crippen molar-refractivity contribution in [2.45, 2.75) is 39.5 Å². The van der Waals surface area contributed by atoms with Crippen molar-refractivity contribution in [2.24, 2.45) is 5.92 Å². The number of benzene rings is 2. The zero-order valence-corrected chi connectivity index (χ0v) is 17.1. The third-order valence-electron chi connectivity index (χ3n) is 5.22. The normalized spacial score (nSPS) is 16.3. The number of rotatable bonds is 9. The molecule has 1 atom stereocenters. The molecule has 0 heterocycles. The van der Waals surface area contributed by atoms with Gasteiger partial charge < -0.3 is 9.47 Å². The van der Waals surface area contributed by atoms with Gasteiger partial charge in [0.2, 0.25) is 0 Å². The van der Waals surface area contributed by atoms with Crippen LogP contribution in [0.15, 0.2) is 54.6 Å². The standard InChI is InChI=1S/C25H28O4/c1-3-28-22-12-7-18(8-13-22)21-6-5-20(25(27)17-21)11-16-24(26)19-9-14-23(15-10-19)29-4-2/h7-10,12-15,17,20H,3-6,11,16H2,1-2H3/t20-/m1/s1. The summed E-state index contributed by atoms with van der Waals surface area (Å²) in [4.78, 5) is 25.0. The van der Waals surface area contributed by atoms with E-state index in [1.54, 1.807) is 18.2 Å². The minimum Gasteiger partial charge on any atom is -0.494 e. The number of ether oxygens (including phenoxy) is 2. The van der Waals surface area contributed by atoms with E-state index in [-0.39, 0.29) is 17.5 Å². The number of ketones is 2. The van der Waals surface area contributed by atoms with Crippen molar-refractivity contribution in [3.8, 4) is 11.5 Å². The first-order valence-electron chi connectivity index (χ1n) is 10.3. The topological polar surface area (TPSA) is 52.6 Å². The first-order valence-corrected chi connectivity index (χ1v) is 10.3. The van der Waals surface area contributed by atoms with E-state index in [0.717, 1.165) is 35.5 Å². The Morgan fingerprint density at radius 2 is 1.52 bits per heavy atom. The van der Waals surface area contributed by atoms with Crippen molar-refractivity contribution in [1.29, 1.82) is 0 Å². The Morgan fingerprint density at radius 3 is 2.07 bits per heavy atom. The monoisotopic (exact) mass is 392 g/mol. The van der Waals surface area contributed by atoms with E-state index < -0.39 is 0 Å². The van der Waals surface area contributed by atoms with Gasteiger partial charge in [0.25, 0.3) is 0 Å². The van der Waals surface area contributed by atoms with Crippen LogP contribution in [0, 0.1) is 5.92 Å². The molecule has 1 aliphatic carbocycles. The molecule has 4 nitrogen and oxygen atoms in total. The van der Waals surface area contributed by atoms with E-state index in [1.807, 2.05) is 50.2 Å². The van der Waals surface area contributed by atoms with Gasteiger partial charge in [0.05, 0.1) is 13.2 Å². The minimum atomic E-state index is -0.0758. The smallest absolute Gasteiger partial charge is 0.162 e. The van der Waals surface area contributed by atoms with Crippen molar-refractivity contribution in [3.63, 3.8) is 0 Å². The molecule has 152 valence electrons. The maximum atomic E-state index is 12.6. The zero-order valence-electron chi connectivity index (χ0n) is 17.1. The molecule has 0 saturated heterocycles. The quantitative estimate of drug-likeness (QED) is 0.528. The first-order chi connectivity index (χ1) is 14.1. The molecule has 0 aliphatic heterocycles. The van der Waals surface area contributed by atoms with Crippen LogP contribution in [0.3, 0.4) is 0 Å². The molecule has 2 aromatic rings. The molecular weight excluding hydrogens is 364 g/mol. The van der Waals surface area contributed by atoms with Crippen LogP contribution in [0.2, 0.25) is 0 Å². The zero-order chi connectivity index (χ0) is 20.6. The minimum absolute atomic E-state index is 0.0714. The van der Waals surface area contributed by atoms with Gasteiger partial charge in [-0.2, -0.15) is 0 Å². The van der Waals surface area contributed by atoms with Crippen molar-refractivity contribution >= 4 is 17.1 Å². The number of allylic oxidation sites excluding steroid dienone is 2. The maximum Gasteiger partial charge on any atom is 0.162 e. The SMILES string of the molecule is CCOc1ccc(C(=O)CC[C@H]2CCC(c3ccc(OCC)cc3)=CC2=O)cc1. The number of carbonyl (C=O) groups is 2. The maximum absolute atomic E-state index is 12.6. The van der Waals surface area contributed by atoms with Crippen LogP contribution in [0.25, 0.3) is 5.57 Å². The van der Waals surface area contributed by atoms with Crippen LogP contribution in [0.4, 0.5) is 0 Å². The molecule has 0 saturated carbocycles. The van der Waals surface area contributed by atoms with E-state index in [9.17, 15) is 9.59 Å². The summed E-state index contributed by atoms with van der Waals surface area (Å²) in [5.41, 5.74) is 2.79. The summed E-state index contributed by atoms with van der Waals surface area (Å²) in [5.74, 6) is 1.72. The summed E-state index contributed by atoms with van der Waals surface area (Å²) in [6.07, 6.45) is 4.37. The molecule has 0 aromatic heterocycles. The molecule has 0 bridgehead atoms. The largest absolute Gasteiger partial charge is 0.494 e. The summed E-state index contributed by atoms with van der Waals surface area (Å²) in [6, 6.07) is 15.1. The fourth-order valence-electron chi connectivity index (χ4n) is 3.63. The molecule has 29 heavy (non-hydrogen) atoms. The molecule has 0 fully saturated rings. The number of Topliss-reactive ketones (excluding diaryl/α,β-unsaturated/α-hetero) is 1. The fraction of sp³-hybridized carbons (Fsp3) is 0.360. The van der Waals surface area contributed by atoms with E-state index in [2.05, 4.69) is 0 Å². The predicted molar refractivity (Wildman–Crippen MR) is 114 cm³/mol. The lowest BCUT2D eigenvalue weighted by Crippen LogP contribution is -2.18. The first kappa shape index (κ1) is 20.8. The lowest BCUT2D eigenvalue weighted by atomic mass is 9.82. The highest BCUT2D eigenvalue weighted by atomic mass is 16.5. The van der Waals surface area contributed by atoms with Crippen LogP contribution in [-0.4, -0.2) is 24.8 Å². The van der Waals surface area contributed by atoms with Crippen LogP contribution in [0.1, 0.15) is 55.5 Å². The molecule has 0 N–H and O–H groups in total. The highest BCUT2D eigenvalue weighted by Gasteiger charge is 2.24. The number of hydrogen-bond donors (Lipinski definition) is 0. The fourth-order valence-corrected chi connectivity index (χ4v) is 3.63. The lowest BCUT2D eigenvalue weighted by Gasteiger charge is -2.21. The third kappa shape index (κ3) is 5.57.